The molecule has 1 aliphatic rings. The predicted molar refractivity (Wildman–Crippen MR) is 113 cm³/mol. The van der Waals surface area contributed by atoms with Gasteiger partial charge in [-0.05, 0) is 25.0 Å². The minimum Gasteiger partial charge on any atom is -0.450 e. The lowest BCUT2D eigenvalue weighted by molar-refractivity contribution is 0.658. The van der Waals surface area contributed by atoms with E-state index in [0.29, 0.717) is 0 Å². The van der Waals surface area contributed by atoms with Gasteiger partial charge in [0.2, 0.25) is 0 Å². The van der Waals surface area contributed by atoms with Gasteiger partial charge in [-0.15, -0.1) is 12.4 Å². The molecule has 4 aromatic rings. The molecule has 0 bridgehead atoms. The van der Waals surface area contributed by atoms with E-state index in [4.69, 9.17) is 14.4 Å². The molecule has 4 nitrogen and oxygen atoms in total. The van der Waals surface area contributed by atoms with Crippen molar-refractivity contribution in [2.45, 2.75) is 25.7 Å². The highest BCUT2D eigenvalue weighted by Gasteiger charge is 2.21. The molecule has 0 saturated carbocycles. The smallest absolute Gasteiger partial charge is 0.196 e. The summed E-state index contributed by atoms with van der Waals surface area (Å²) in [7, 11) is 0. The number of anilines is 1. The van der Waals surface area contributed by atoms with Crippen LogP contribution in [0.3, 0.4) is 0 Å². The lowest BCUT2D eigenvalue weighted by atomic mass is 10.2. The van der Waals surface area contributed by atoms with Crippen LogP contribution in [-0.2, 0) is 0 Å². The van der Waals surface area contributed by atoms with E-state index in [9.17, 15) is 0 Å². The van der Waals surface area contributed by atoms with Crippen molar-refractivity contribution in [3.63, 3.8) is 0 Å². The Morgan fingerprint density at radius 2 is 1.48 bits per heavy atom. The summed E-state index contributed by atoms with van der Waals surface area (Å²) >= 11 is 0. The molecular weight excluding hydrogens is 358 g/mol. The molecule has 0 unspecified atom stereocenters. The summed E-state index contributed by atoms with van der Waals surface area (Å²) in [5.74, 6) is 1.70. The molecule has 1 aliphatic heterocycles. The fourth-order valence-electron chi connectivity index (χ4n) is 3.79. The summed E-state index contributed by atoms with van der Waals surface area (Å²) in [5, 5.41) is 1.05. The van der Waals surface area contributed by atoms with Gasteiger partial charge in [0.05, 0.1) is 0 Å². The van der Waals surface area contributed by atoms with Gasteiger partial charge in [0.15, 0.2) is 17.2 Å². The third kappa shape index (κ3) is 3.26. The lowest BCUT2D eigenvalue weighted by Crippen LogP contribution is -2.25. The van der Waals surface area contributed by atoms with E-state index in [1.807, 2.05) is 36.4 Å². The van der Waals surface area contributed by atoms with Crippen LogP contribution in [0.25, 0.3) is 33.5 Å². The number of aromatic nitrogens is 2. The number of para-hydroxylation sites is 1. The molecule has 0 radical (unpaired) electrons. The van der Waals surface area contributed by atoms with Crippen molar-refractivity contribution in [1.29, 1.82) is 0 Å². The second-order valence-electron chi connectivity index (χ2n) is 6.91. The number of furan rings is 1. The highest BCUT2D eigenvalue weighted by molar-refractivity contribution is 6.06. The van der Waals surface area contributed by atoms with Gasteiger partial charge >= 0.3 is 0 Å². The minimum atomic E-state index is 0. The van der Waals surface area contributed by atoms with Crippen LogP contribution in [0.15, 0.2) is 59.0 Å². The van der Waals surface area contributed by atoms with Gasteiger partial charge in [0.1, 0.15) is 11.1 Å². The van der Waals surface area contributed by atoms with Crippen molar-refractivity contribution < 1.29 is 4.42 Å². The Labute approximate surface area is 164 Å². The number of hydrogen-bond donors (Lipinski definition) is 0. The molecule has 0 N–H and O–H groups in total. The number of nitrogens with zero attached hydrogens (tertiary/aromatic N) is 3. The van der Waals surface area contributed by atoms with Gasteiger partial charge in [-0.3, -0.25) is 0 Å². The largest absolute Gasteiger partial charge is 0.450 e. The zero-order valence-electron chi connectivity index (χ0n) is 15.1. The number of rotatable bonds is 2. The Morgan fingerprint density at radius 1 is 0.778 bits per heavy atom. The molecule has 5 rings (SSSR count). The van der Waals surface area contributed by atoms with E-state index in [0.717, 1.165) is 52.4 Å². The number of halogens is 1. The number of fused-ring (bicyclic) bond motifs is 3. The Hall–Kier alpha value is -2.59. The van der Waals surface area contributed by atoms with Gasteiger partial charge in [0.25, 0.3) is 0 Å². The van der Waals surface area contributed by atoms with E-state index in [2.05, 4.69) is 23.1 Å². The summed E-state index contributed by atoms with van der Waals surface area (Å²) in [4.78, 5) is 12.2. The van der Waals surface area contributed by atoms with Crippen LogP contribution >= 0.6 is 12.4 Å². The van der Waals surface area contributed by atoms with Crippen LogP contribution < -0.4 is 4.90 Å². The van der Waals surface area contributed by atoms with E-state index in [1.165, 1.54) is 25.7 Å². The molecule has 27 heavy (non-hydrogen) atoms. The molecular formula is C22H22ClN3O. The van der Waals surface area contributed by atoms with Gasteiger partial charge in [-0.1, -0.05) is 55.3 Å². The van der Waals surface area contributed by atoms with Crippen molar-refractivity contribution in [2.75, 3.05) is 18.0 Å². The Morgan fingerprint density at radius 3 is 2.26 bits per heavy atom. The van der Waals surface area contributed by atoms with E-state index in [1.54, 1.807) is 0 Å². The fourth-order valence-corrected chi connectivity index (χ4v) is 3.79. The minimum absolute atomic E-state index is 0. The Balaban J connectivity index is 0.00000180. The van der Waals surface area contributed by atoms with Gasteiger partial charge in [-0.25, -0.2) is 9.97 Å². The predicted octanol–water partition coefficient (Wildman–Crippen LogP) is 5.85. The lowest BCUT2D eigenvalue weighted by Gasteiger charge is -2.21. The molecule has 2 aromatic heterocycles. The number of hydrogen-bond acceptors (Lipinski definition) is 4. The van der Waals surface area contributed by atoms with Crippen molar-refractivity contribution in [1.82, 2.24) is 9.97 Å². The highest BCUT2D eigenvalue weighted by Crippen LogP contribution is 2.35. The molecule has 3 heterocycles. The van der Waals surface area contributed by atoms with Gasteiger partial charge < -0.3 is 9.32 Å². The first kappa shape index (κ1) is 17.8. The molecule has 138 valence electrons. The van der Waals surface area contributed by atoms with Gasteiger partial charge in [-0.2, -0.15) is 0 Å². The van der Waals surface area contributed by atoms with Crippen molar-refractivity contribution in [3.8, 4) is 11.4 Å². The summed E-state index contributed by atoms with van der Waals surface area (Å²) in [5.41, 5.74) is 3.63. The Kier molecular flexibility index (Phi) is 4.99. The van der Waals surface area contributed by atoms with Crippen LogP contribution in [-0.4, -0.2) is 23.1 Å². The quantitative estimate of drug-likeness (QED) is 0.438. The third-order valence-electron chi connectivity index (χ3n) is 5.14. The van der Waals surface area contributed by atoms with E-state index in [-0.39, 0.29) is 12.4 Å². The summed E-state index contributed by atoms with van der Waals surface area (Å²) < 4.78 is 6.20. The second kappa shape index (κ2) is 7.57. The normalized spacial score (nSPS) is 14.9. The first-order valence-electron chi connectivity index (χ1n) is 9.40. The molecule has 0 amide bonds. The molecule has 0 aliphatic carbocycles. The SMILES string of the molecule is Cl.c1ccc(-c2nc(N3CCCCCC3)c3oc4ccccc4c3n2)cc1. The first-order chi connectivity index (χ1) is 12.9. The monoisotopic (exact) mass is 379 g/mol. The third-order valence-corrected chi connectivity index (χ3v) is 5.14. The van der Waals surface area contributed by atoms with Crippen LogP contribution in [0, 0.1) is 0 Å². The fraction of sp³-hybridized carbons (Fsp3) is 0.273. The van der Waals surface area contributed by atoms with Crippen LogP contribution in [0.4, 0.5) is 5.82 Å². The van der Waals surface area contributed by atoms with E-state index >= 15 is 0 Å². The molecule has 0 atom stereocenters. The van der Waals surface area contributed by atoms with E-state index < -0.39 is 0 Å². The van der Waals surface area contributed by atoms with Crippen LogP contribution in [0.1, 0.15) is 25.7 Å². The maximum Gasteiger partial charge on any atom is 0.196 e. The number of benzene rings is 2. The standard InChI is InChI=1S/C22H21N3O.ClH/c1-2-9-15-25(14-8-1)22-20-19(17-12-6-7-13-18(17)26-20)23-21(24-22)16-10-4-3-5-11-16;/h3-7,10-13H,1-2,8-9,14-15H2;1H. The Bertz CT molecular complexity index is 1050. The second-order valence-corrected chi connectivity index (χ2v) is 6.91. The molecule has 1 fully saturated rings. The van der Waals surface area contributed by atoms with Crippen LogP contribution in [0.2, 0.25) is 0 Å². The zero-order chi connectivity index (χ0) is 17.3. The summed E-state index contributed by atoms with van der Waals surface area (Å²) in [6.45, 7) is 2.05. The maximum atomic E-state index is 6.20. The van der Waals surface area contributed by atoms with Crippen molar-refractivity contribution >= 4 is 40.3 Å². The first-order valence-corrected chi connectivity index (χ1v) is 9.40. The summed E-state index contributed by atoms with van der Waals surface area (Å²) in [6, 6.07) is 18.3. The van der Waals surface area contributed by atoms with Crippen LogP contribution in [0.5, 0.6) is 0 Å². The summed E-state index contributed by atoms with van der Waals surface area (Å²) in [6.07, 6.45) is 4.98. The van der Waals surface area contributed by atoms with Crippen molar-refractivity contribution in [3.05, 3.63) is 54.6 Å². The molecule has 5 heteroatoms. The average Bonchev–Trinajstić information content (AvgIpc) is 2.87. The molecule has 1 saturated heterocycles. The maximum absolute atomic E-state index is 6.20. The molecule has 2 aromatic carbocycles. The van der Waals surface area contributed by atoms with Gasteiger partial charge in [0, 0.05) is 24.0 Å². The zero-order valence-corrected chi connectivity index (χ0v) is 15.9. The molecule has 0 spiro atoms. The van der Waals surface area contributed by atoms with Crippen molar-refractivity contribution in [2.24, 2.45) is 0 Å². The topological polar surface area (TPSA) is 42.2 Å². The highest BCUT2D eigenvalue weighted by atomic mass is 35.5. The average molecular weight is 380 g/mol.